The molecule has 0 aliphatic carbocycles. The van der Waals surface area contributed by atoms with E-state index in [0.717, 1.165) is 16.7 Å². The number of hydrogen-bond acceptors (Lipinski definition) is 4. The quantitative estimate of drug-likeness (QED) is 0.331. The Bertz CT molecular complexity index is 1340. The smallest absolute Gasteiger partial charge is 0.258 e. The fourth-order valence-electron chi connectivity index (χ4n) is 4.15. The molecule has 0 aliphatic heterocycles. The number of para-hydroxylation sites is 3. The number of hydrogen-bond donors (Lipinski definition) is 1. The highest BCUT2D eigenvalue weighted by Crippen LogP contribution is 2.23. The second-order valence-corrected chi connectivity index (χ2v) is 9.21. The number of fused-ring (bicyclic) bond motifs is 1. The molecule has 1 unspecified atom stereocenters. The number of aromatic nitrogens is 2. The third-order valence-electron chi connectivity index (χ3n) is 5.75. The van der Waals surface area contributed by atoms with Gasteiger partial charge in [-0.25, -0.2) is 4.98 Å². The van der Waals surface area contributed by atoms with E-state index in [-0.39, 0.29) is 31.0 Å². The molecule has 0 saturated heterocycles. The lowest BCUT2D eigenvalue weighted by Crippen LogP contribution is -2.40. The summed E-state index contributed by atoms with van der Waals surface area (Å²) in [6.45, 7) is 5.76. The van der Waals surface area contributed by atoms with Crippen molar-refractivity contribution in [3.63, 3.8) is 0 Å². The van der Waals surface area contributed by atoms with E-state index < -0.39 is 6.04 Å². The number of carbonyl (C=O) groups excluding carboxylic acids is 2. The lowest BCUT2D eigenvalue weighted by molar-refractivity contribution is -0.123. The summed E-state index contributed by atoms with van der Waals surface area (Å²) in [7, 11) is 0. The van der Waals surface area contributed by atoms with Crippen molar-refractivity contribution in [3.8, 4) is 5.75 Å². The predicted molar refractivity (Wildman–Crippen MR) is 142 cm³/mol. The topological polar surface area (TPSA) is 76.5 Å². The Morgan fingerprint density at radius 3 is 2.33 bits per heavy atom. The number of nitrogens with zero attached hydrogens (tertiary/aromatic N) is 3. The number of rotatable bonds is 9. The second-order valence-electron chi connectivity index (χ2n) is 8.77. The molecule has 2 amide bonds. The third kappa shape index (κ3) is 5.86. The molecule has 1 N–H and O–H groups in total. The number of imidazole rings is 1. The van der Waals surface area contributed by atoms with Gasteiger partial charge in [0.2, 0.25) is 5.91 Å². The number of carbonyl (C=O) groups is 2. The number of nitrogens with one attached hydrogen (secondary N) is 1. The largest absolute Gasteiger partial charge is 0.484 e. The van der Waals surface area contributed by atoms with Crippen LogP contribution < -0.4 is 15.0 Å². The third-order valence-corrected chi connectivity index (χ3v) is 6.00. The van der Waals surface area contributed by atoms with Gasteiger partial charge in [-0.2, -0.15) is 0 Å². The van der Waals surface area contributed by atoms with Crippen LogP contribution in [0.3, 0.4) is 0 Å². The molecular formula is C28H29ClN4O3. The molecule has 3 aromatic carbocycles. The Hall–Kier alpha value is -3.84. The van der Waals surface area contributed by atoms with Gasteiger partial charge < -0.3 is 19.5 Å². The fourth-order valence-corrected chi connectivity index (χ4v) is 4.27. The van der Waals surface area contributed by atoms with Crippen molar-refractivity contribution in [3.05, 3.63) is 89.7 Å². The maximum atomic E-state index is 13.5. The molecule has 7 nitrogen and oxygen atoms in total. The van der Waals surface area contributed by atoms with Gasteiger partial charge in [0, 0.05) is 16.8 Å². The van der Waals surface area contributed by atoms with Crippen LogP contribution in [0.4, 0.5) is 5.69 Å². The Morgan fingerprint density at radius 1 is 0.972 bits per heavy atom. The molecule has 0 fully saturated rings. The zero-order chi connectivity index (χ0) is 25.7. The summed E-state index contributed by atoms with van der Waals surface area (Å²) in [6, 6.07) is 23.6. The van der Waals surface area contributed by atoms with Crippen molar-refractivity contribution in [2.45, 2.75) is 39.4 Å². The Balaban J connectivity index is 1.54. The monoisotopic (exact) mass is 504 g/mol. The Kier molecular flexibility index (Phi) is 7.90. The molecule has 0 radical (unpaired) electrons. The summed E-state index contributed by atoms with van der Waals surface area (Å²) in [6.07, 6.45) is 0. The highest BCUT2D eigenvalue weighted by Gasteiger charge is 2.24. The van der Waals surface area contributed by atoms with E-state index in [1.807, 2.05) is 79.9 Å². The van der Waals surface area contributed by atoms with Crippen molar-refractivity contribution in [2.24, 2.45) is 0 Å². The summed E-state index contributed by atoms with van der Waals surface area (Å²) in [5.41, 5.74) is 2.43. The average Bonchev–Trinajstić information content (AvgIpc) is 3.22. The van der Waals surface area contributed by atoms with Crippen LogP contribution in [0.2, 0.25) is 5.02 Å². The van der Waals surface area contributed by atoms with Crippen LogP contribution in [0.5, 0.6) is 5.75 Å². The van der Waals surface area contributed by atoms with E-state index in [2.05, 4.69) is 5.32 Å². The normalized spacial score (nSPS) is 11.9. The predicted octanol–water partition coefficient (Wildman–Crippen LogP) is 5.39. The van der Waals surface area contributed by atoms with Crippen LogP contribution in [-0.4, -0.2) is 34.0 Å². The molecule has 1 aromatic heterocycles. The van der Waals surface area contributed by atoms with Gasteiger partial charge in [-0.1, -0.05) is 41.9 Å². The van der Waals surface area contributed by atoms with E-state index in [0.29, 0.717) is 16.6 Å². The van der Waals surface area contributed by atoms with Gasteiger partial charge >= 0.3 is 0 Å². The first-order valence-electron chi connectivity index (χ1n) is 11.8. The highest BCUT2D eigenvalue weighted by molar-refractivity contribution is 6.30. The zero-order valence-corrected chi connectivity index (χ0v) is 21.3. The van der Waals surface area contributed by atoms with Gasteiger partial charge in [0.15, 0.2) is 6.61 Å². The molecular weight excluding hydrogens is 476 g/mol. The van der Waals surface area contributed by atoms with Crippen LogP contribution in [0.15, 0.2) is 78.9 Å². The van der Waals surface area contributed by atoms with Gasteiger partial charge in [0.05, 0.1) is 17.1 Å². The Morgan fingerprint density at radius 2 is 1.64 bits per heavy atom. The zero-order valence-electron chi connectivity index (χ0n) is 20.5. The maximum absolute atomic E-state index is 13.5. The van der Waals surface area contributed by atoms with E-state index >= 15 is 0 Å². The first kappa shape index (κ1) is 25.3. The first-order valence-corrected chi connectivity index (χ1v) is 12.2. The summed E-state index contributed by atoms with van der Waals surface area (Å²) in [5.74, 6) is 0.788. The standard InChI is InChI=1S/C28H29ClN4O3/c1-19(2)33(22-9-5-4-6-10-22)27(35)17-32-25-12-8-7-11-24(25)31-28(32)20(3)30-26(34)18-36-23-15-13-21(29)14-16-23/h4-16,19-20H,17-18H2,1-3H3,(H,30,34). The molecule has 4 rings (SSSR count). The number of ether oxygens (including phenoxy) is 1. The van der Waals surface area contributed by atoms with Gasteiger partial charge in [-0.3, -0.25) is 9.59 Å². The number of benzene rings is 3. The molecule has 0 bridgehead atoms. The van der Waals surface area contributed by atoms with Crippen molar-refractivity contribution < 1.29 is 14.3 Å². The Labute approximate surface area is 215 Å². The molecule has 36 heavy (non-hydrogen) atoms. The number of anilines is 1. The summed E-state index contributed by atoms with van der Waals surface area (Å²) in [5, 5.41) is 3.53. The van der Waals surface area contributed by atoms with Gasteiger partial charge in [-0.15, -0.1) is 0 Å². The number of halogens is 1. The summed E-state index contributed by atoms with van der Waals surface area (Å²) >= 11 is 5.90. The van der Waals surface area contributed by atoms with Gasteiger partial charge in [-0.05, 0) is 69.3 Å². The van der Waals surface area contributed by atoms with Crippen LogP contribution >= 0.6 is 11.6 Å². The average molecular weight is 505 g/mol. The maximum Gasteiger partial charge on any atom is 0.258 e. The lowest BCUT2D eigenvalue weighted by atomic mass is 10.2. The van der Waals surface area contributed by atoms with Crippen molar-refractivity contribution in [1.82, 2.24) is 14.9 Å². The van der Waals surface area contributed by atoms with Crippen molar-refractivity contribution in [2.75, 3.05) is 11.5 Å². The molecule has 8 heteroatoms. The van der Waals surface area contributed by atoms with E-state index in [1.165, 1.54) is 0 Å². The van der Waals surface area contributed by atoms with Gasteiger partial charge in [0.25, 0.3) is 5.91 Å². The molecule has 0 aliphatic rings. The lowest BCUT2D eigenvalue weighted by Gasteiger charge is -2.28. The highest BCUT2D eigenvalue weighted by atomic mass is 35.5. The molecule has 186 valence electrons. The molecule has 4 aromatic rings. The van der Waals surface area contributed by atoms with Crippen LogP contribution in [0, 0.1) is 0 Å². The van der Waals surface area contributed by atoms with E-state index in [1.54, 1.807) is 29.2 Å². The number of amides is 2. The van der Waals surface area contributed by atoms with Crippen molar-refractivity contribution in [1.29, 1.82) is 0 Å². The minimum absolute atomic E-state index is 0.0275. The molecule has 1 atom stereocenters. The fraction of sp³-hybridized carbons (Fsp3) is 0.250. The molecule has 0 saturated carbocycles. The second kappa shape index (κ2) is 11.3. The minimum atomic E-state index is -0.448. The van der Waals surface area contributed by atoms with E-state index in [4.69, 9.17) is 21.3 Å². The van der Waals surface area contributed by atoms with Crippen molar-refractivity contribution >= 4 is 40.1 Å². The first-order chi connectivity index (χ1) is 17.3. The van der Waals surface area contributed by atoms with Crippen LogP contribution in [0.1, 0.15) is 32.6 Å². The minimum Gasteiger partial charge on any atom is -0.484 e. The summed E-state index contributed by atoms with van der Waals surface area (Å²) < 4.78 is 7.44. The summed E-state index contributed by atoms with van der Waals surface area (Å²) in [4.78, 5) is 32.7. The van der Waals surface area contributed by atoms with Crippen LogP contribution in [0.25, 0.3) is 11.0 Å². The van der Waals surface area contributed by atoms with E-state index in [9.17, 15) is 9.59 Å². The molecule has 1 heterocycles. The van der Waals surface area contributed by atoms with Crippen LogP contribution in [-0.2, 0) is 16.1 Å². The van der Waals surface area contributed by atoms with Gasteiger partial charge in [0.1, 0.15) is 18.1 Å². The molecule has 0 spiro atoms. The SMILES string of the molecule is CC(NC(=O)COc1ccc(Cl)cc1)c1nc2ccccc2n1CC(=O)N(c1ccccc1)C(C)C.